The molecular formula is C34H48O10. The molecule has 10 heteroatoms. The molecule has 1 aliphatic heterocycles. The fourth-order valence-corrected chi connectivity index (χ4v) is 7.80. The Kier molecular flexibility index (Phi) is 10.0. The van der Waals surface area contributed by atoms with Crippen molar-refractivity contribution in [3.8, 4) is 5.75 Å². The van der Waals surface area contributed by atoms with Gasteiger partial charge < -0.3 is 28.4 Å². The van der Waals surface area contributed by atoms with Crippen molar-refractivity contribution >= 4 is 23.9 Å². The monoisotopic (exact) mass is 616 g/mol. The van der Waals surface area contributed by atoms with Crippen LogP contribution in [0.15, 0.2) is 12.1 Å². The van der Waals surface area contributed by atoms with Gasteiger partial charge in [0.2, 0.25) is 12.4 Å². The first-order chi connectivity index (χ1) is 20.5. The summed E-state index contributed by atoms with van der Waals surface area (Å²) in [6.45, 7) is 15.8. The molecule has 0 amide bonds. The highest BCUT2D eigenvalue weighted by molar-refractivity contribution is 5.68. The molecule has 1 heterocycles. The minimum Gasteiger partial charge on any atom is -0.463 e. The molecule has 10 nitrogen and oxygen atoms in total. The maximum atomic E-state index is 12.3. The molecule has 1 aromatic rings. The van der Waals surface area contributed by atoms with E-state index in [4.69, 9.17) is 28.4 Å². The van der Waals surface area contributed by atoms with Gasteiger partial charge in [-0.05, 0) is 71.1 Å². The SMILES string of the molecule is CC(=O)OC[C@H]1O[C@@H](Oc2cc3c(cc2C(C)C)CC[C@H]2C(C)(C)CCC[C@]32C)[C@H](OC(C)=O)[C@@H](OC(C)=O)[C@@H]1OC(C)=O. The zero-order chi connectivity index (χ0) is 32.6. The Balaban J connectivity index is 1.81. The second kappa shape index (κ2) is 13.1. The van der Waals surface area contributed by atoms with Crippen LogP contribution in [0.4, 0.5) is 0 Å². The lowest BCUT2D eigenvalue weighted by atomic mass is 9.50. The van der Waals surface area contributed by atoms with Crippen LogP contribution in [0.5, 0.6) is 5.75 Å². The minimum atomic E-state index is -1.29. The van der Waals surface area contributed by atoms with Crippen molar-refractivity contribution in [1.29, 1.82) is 0 Å². The van der Waals surface area contributed by atoms with Crippen molar-refractivity contribution in [2.75, 3.05) is 6.61 Å². The molecule has 0 bridgehead atoms. The Morgan fingerprint density at radius 3 is 2.07 bits per heavy atom. The lowest BCUT2D eigenvalue weighted by Gasteiger charge is -2.54. The van der Waals surface area contributed by atoms with Crippen LogP contribution in [-0.4, -0.2) is 61.2 Å². The molecule has 0 aromatic heterocycles. The molecule has 4 rings (SSSR count). The van der Waals surface area contributed by atoms with Gasteiger partial charge in [-0.1, -0.05) is 47.1 Å². The Morgan fingerprint density at radius 1 is 0.864 bits per heavy atom. The van der Waals surface area contributed by atoms with E-state index in [0.717, 1.165) is 31.2 Å². The van der Waals surface area contributed by atoms with Gasteiger partial charge in [-0.2, -0.15) is 0 Å². The molecule has 44 heavy (non-hydrogen) atoms. The summed E-state index contributed by atoms with van der Waals surface area (Å²) in [5.74, 6) is -1.43. The Morgan fingerprint density at radius 2 is 1.48 bits per heavy atom. The van der Waals surface area contributed by atoms with Crippen LogP contribution in [-0.2, 0) is 54.7 Å². The summed E-state index contributed by atoms with van der Waals surface area (Å²) >= 11 is 0. The van der Waals surface area contributed by atoms with E-state index in [9.17, 15) is 19.2 Å². The number of carbonyl (C=O) groups is 4. The van der Waals surface area contributed by atoms with Gasteiger partial charge in [0.05, 0.1) is 0 Å². The van der Waals surface area contributed by atoms with E-state index >= 15 is 0 Å². The molecule has 2 fully saturated rings. The van der Waals surface area contributed by atoms with Crippen LogP contribution < -0.4 is 4.74 Å². The summed E-state index contributed by atoms with van der Waals surface area (Å²) in [5.41, 5.74) is 3.71. The highest BCUT2D eigenvalue weighted by Gasteiger charge is 2.54. The van der Waals surface area contributed by atoms with Crippen molar-refractivity contribution in [3.63, 3.8) is 0 Å². The number of esters is 4. The van der Waals surface area contributed by atoms with Crippen LogP contribution in [0.3, 0.4) is 0 Å². The third-order valence-corrected chi connectivity index (χ3v) is 9.60. The third-order valence-electron chi connectivity index (χ3n) is 9.60. The number of rotatable bonds is 8. The first-order valence-electron chi connectivity index (χ1n) is 15.7. The predicted octanol–water partition coefficient (Wildman–Crippen LogP) is 5.30. The zero-order valence-corrected chi connectivity index (χ0v) is 27.5. The molecule has 1 aromatic carbocycles. The van der Waals surface area contributed by atoms with E-state index in [0.29, 0.717) is 11.7 Å². The van der Waals surface area contributed by atoms with E-state index in [1.807, 2.05) is 0 Å². The number of aryl methyl sites for hydroxylation is 1. The molecule has 7 atom stereocenters. The normalized spacial score (nSPS) is 30.8. The first-order valence-corrected chi connectivity index (χ1v) is 15.7. The number of hydrogen-bond donors (Lipinski definition) is 0. The summed E-state index contributed by atoms with van der Waals surface area (Å²) in [7, 11) is 0. The molecule has 244 valence electrons. The molecule has 0 N–H and O–H groups in total. The van der Waals surface area contributed by atoms with Gasteiger partial charge >= 0.3 is 23.9 Å². The molecule has 0 unspecified atom stereocenters. The predicted molar refractivity (Wildman–Crippen MR) is 160 cm³/mol. The zero-order valence-electron chi connectivity index (χ0n) is 27.5. The summed E-state index contributed by atoms with van der Waals surface area (Å²) in [5, 5.41) is 0. The maximum absolute atomic E-state index is 12.3. The van der Waals surface area contributed by atoms with Crippen molar-refractivity contribution in [3.05, 3.63) is 28.8 Å². The second-order valence-corrected chi connectivity index (χ2v) is 13.7. The number of ether oxygens (including phenoxy) is 6. The van der Waals surface area contributed by atoms with Gasteiger partial charge in [-0.25, -0.2) is 0 Å². The number of benzene rings is 1. The molecule has 0 radical (unpaired) electrons. The van der Waals surface area contributed by atoms with Crippen molar-refractivity contribution in [2.45, 2.75) is 136 Å². The highest BCUT2D eigenvalue weighted by Crippen LogP contribution is 2.58. The van der Waals surface area contributed by atoms with E-state index < -0.39 is 54.6 Å². The molecule has 2 aliphatic carbocycles. The van der Waals surface area contributed by atoms with Gasteiger partial charge in [-0.3, -0.25) is 19.2 Å². The van der Waals surface area contributed by atoms with Crippen LogP contribution in [0, 0.1) is 11.3 Å². The number of carbonyl (C=O) groups excluding carboxylic acids is 4. The van der Waals surface area contributed by atoms with E-state index in [-0.39, 0.29) is 23.4 Å². The highest BCUT2D eigenvalue weighted by atomic mass is 16.7. The Hall–Kier alpha value is -3.14. The van der Waals surface area contributed by atoms with Crippen molar-refractivity contribution in [1.82, 2.24) is 0 Å². The van der Waals surface area contributed by atoms with E-state index in [2.05, 4.69) is 46.8 Å². The summed E-state index contributed by atoms with van der Waals surface area (Å²) < 4.78 is 34.9. The smallest absolute Gasteiger partial charge is 0.303 e. The standard InChI is InChI=1S/C34H48O10/c1-18(2)24-15-23-11-12-28-33(7,8)13-10-14-34(28,9)25(23)16-26(24)43-32-31(42-22(6)38)30(41-21(5)37)29(40-20(4)36)27(44-32)17-39-19(3)35/h15-16,18,27-32H,10-14,17H2,1-9H3/t27-,28+,29-,30+,31-,32-,34-/m1/s1. The Bertz CT molecular complexity index is 1270. The van der Waals surface area contributed by atoms with Crippen molar-refractivity contribution in [2.24, 2.45) is 11.3 Å². The van der Waals surface area contributed by atoms with Crippen LogP contribution in [0.25, 0.3) is 0 Å². The molecule has 1 saturated heterocycles. The number of fused-ring (bicyclic) bond motifs is 3. The first kappa shape index (κ1) is 33.7. The van der Waals surface area contributed by atoms with E-state index in [1.54, 1.807) is 0 Å². The van der Waals surface area contributed by atoms with E-state index in [1.165, 1.54) is 45.2 Å². The lowest BCUT2D eigenvalue weighted by molar-refractivity contribution is -0.288. The molecule has 1 saturated carbocycles. The molecular weight excluding hydrogens is 568 g/mol. The Labute approximate surface area is 260 Å². The topological polar surface area (TPSA) is 124 Å². The average molecular weight is 617 g/mol. The second-order valence-electron chi connectivity index (χ2n) is 13.7. The number of hydrogen-bond acceptors (Lipinski definition) is 10. The minimum absolute atomic E-state index is 0.0375. The van der Waals surface area contributed by atoms with Gasteiger partial charge in [0.25, 0.3) is 0 Å². The van der Waals surface area contributed by atoms with Gasteiger partial charge in [0.1, 0.15) is 18.5 Å². The van der Waals surface area contributed by atoms with Crippen molar-refractivity contribution < 1.29 is 47.6 Å². The van der Waals surface area contributed by atoms with Gasteiger partial charge in [-0.15, -0.1) is 0 Å². The third kappa shape index (κ3) is 7.05. The summed E-state index contributed by atoms with van der Waals surface area (Å²) in [4.78, 5) is 48.5. The average Bonchev–Trinajstić information content (AvgIpc) is 2.89. The van der Waals surface area contributed by atoms with Crippen LogP contribution >= 0.6 is 0 Å². The quantitative estimate of drug-likeness (QED) is 0.281. The van der Waals surface area contributed by atoms with Crippen LogP contribution in [0.2, 0.25) is 0 Å². The maximum Gasteiger partial charge on any atom is 0.303 e. The molecule has 0 spiro atoms. The molecule has 3 aliphatic rings. The lowest BCUT2D eigenvalue weighted by Crippen LogP contribution is -2.63. The fourth-order valence-electron chi connectivity index (χ4n) is 7.80. The summed E-state index contributed by atoms with van der Waals surface area (Å²) in [6.07, 6.45) is -0.645. The van der Waals surface area contributed by atoms with Crippen LogP contribution in [0.1, 0.15) is 111 Å². The van der Waals surface area contributed by atoms with Gasteiger partial charge in [0.15, 0.2) is 12.2 Å². The fraction of sp³-hybridized carbons (Fsp3) is 0.706. The largest absolute Gasteiger partial charge is 0.463 e. The van der Waals surface area contributed by atoms with Gasteiger partial charge in [0, 0.05) is 27.7 Å². The summed E-state index contributed by atoms with van der Waals surface area (Å²) in [6, 6.07) is 4.34.